The van der Waals surface area contributed by atoms with Gasteiger partial charge in [0.2, 0.25) is 0 Å². The van der Waals surface area contributed by atoms with Crippen molar-refractivity contribution in [2.24, 2.45) is 0 Å². The molecular formula is C13H22N2OS. The summed E-state index contributed by atoms with van der Waals surface area (Å²) in [7, 11) is 2.01. The van der Waals surface area contributed by atoms with Crippen molar-refractivity contribution in [2.75, 3.05) is 33.2 Å². The van der Waals surface area contributed by atoms with Crippen LogP contribution < -0.4 is 5.32 Å². The topological polar surface area (TPSA) is 32.3 Å². The van der Waals surface area contributed by atoms with Crippen molar-refractivity contribution in [2.45, 2.75) is 19.8 Å². The van der Waals surface area contributed by atoms with E-state index in [2.05, 4.69) is 10.2 Å². The summed E-state index contributed by atoms with van der Waals surface area (Å²) >= 11 is 1.52. The zero-order valence-electron chi connectivity index (χ0n) is 10.7. The van der Waals surface area contributed by atoms with Gasteiger partial charge >= 0.3 is 0 Å². The minimum absolute atomic E-state index is 0.808. The van der Waals surface area contributed by atoms with Gasteiger partial charge < -0.3 is 10.2 Å². The molecule has 17 heavy (non-hydrogen) atoms. The molecule has 96 valence electrons. The smallest absolute Gasteiger partial charge is 0.160 e. The Morgan fingerprint density at radius 3 is 2.53 bits per heavy atom. The third-order valence-electron chi connectivity index (χ3n) is 2.75. The molecule has 4 heteroatoms. The van der Waals surface area contributed by atoms with Gasteiger partial charge in [-0.05, 0) is 52.0 Å². The second-order valence-corrected chi connectivity index (χ2v) is 5.54. The molecule has 1 aromatic heterocycles. The fourth-order valence-electron chi connectivity index (χ4n) is 1.79. The van der Waals surface area contributed by atoms with Gasteiger partial charge in [0, 0.05) is 18.0 Å². The van der Waals surface area contributed by atoms with E-state index in [1.165, 1.54) is 48.7 Å². The number of likely N-dealkylation sites (N-methyl/N-ethyl adjacent to an activating group) is 1. The van der Waals surface area contributed by atoms with Crippen LogP contribution >= 0.6 is 11.3 Å². The van der Waals surface area contributed by atoms with Crippen LogP contribution in [0.2, 0.25) is 0 Å². The molecule has 1 fully saturated rings. The lowest BCUT2D eigenvalue weighted by molar-refractivity contribution is 0.112. The Bertz CT molecular complexity index is 319. The number of carbonyl (C=O) groups excluding carboxylic acids is 1. The van der Waals surface area contributed by atoms with Crippen LogP contribution in [0.1, 0.15) is 27.4 Å². The van der Waals surface area contributed by atoms with Gasteiger partial charge in [-0.15, -0.1) is 11.3 Å². The highest BCUT2D eigenvalue weighted by atomic mass is 32.1. The summed E-state index contributed by atoms with van der Waals surface area (Å²) in [6.45, 7) is 7.00. The van der Waals surface area contributed by atoms with E-state index in [-0.39, 0.29) is 0 Å². The fourth-order valence-corrected chi connectivity index (χ4v) is 2.48. The minimum atomic E-state index is 0.808. The summed E-state index contributed by atoms with van der Waals surface area (Å²) in [5, 5.41) is 3.15. The van der Waals surface area contributed by atoms with Crippen molar-refractivity contribution in [1.29, 1.82) is 0 Å². The number of rotatable bonds is 4. The Morgan fingerprint density at radius 1 is 1.41 bits per heavy atom. The largest absolute Gasteiger partial charge is 0.318 e. The molecule has 0 atom stereocenters. The van der Waals surface area contributed by atoms with Crippen LogP contribution in [-0.4, -0.2) is 44.4 Å². The number of hydrogen-bond donors (Lipinski definition) is 1. The van der Waals surface area contributed by atoms with E-state index < -0.39 is 0 Å². The second kappa shape index (κ2) is 8.39. The first-order chi connectivity index (χ1) is 8.26. The first-order valence-corrected chi connectivity index (χ1v) is 6.96. The van der Waals surface area contributed by atoms with Crippen molar-refractivity contribution in [3.05, 3.63) is 21.9 Å². The van der Waals surface area contributed by atoms with Gasteiger partial charge in [-0.25, -0.2) is 0 Å². The predicted octanol–water partition coefficient (Wildman–Crippen LogP) is 2.17. The van der Waals surface area contributed by atoms with E-state index in [1.807, 2.05) is 26.1 Å². The van der Waals surface area contributed by atoms with E-state index in [0.29, 0.717) is 0 Å². The number of nitrogens with one attached hydrogen (secondary N) is 1. The molecule has 0 aromatic carbocycles. The standard InChI is InChI=1S/C7H16N2.C6H6OS/c1-8-4-7-9-5-2-3-6-9;1-5-2-3-6(4-7)8-5/h8H,2-7H2,1H3;2-4H,1H3. The molecule has 1 saturated heterocycles. The van der Waals surface area contributed by atoms with Crippen molar-refractivity contribution < 1.29 is 4.79 Å². The Kier molecular flexibility index (Phi) is 7.08. The molecule has 1 aliphatic rings. The van der Waals surface area contributed by atoms with Crippen molar-refractivity contribution in [3.8, 4) is 0 Å². The van der Waals surface area contributed by atoms with E-state index in [0.717, 1.165) is 17.7 Å². The zero-order valence-corrected chi connectivity index (χ0v) is 11.6. The van der Waals surface area contributed by atoms with Crippen LogP contribution in [0.15, 0.2) is 12.1 Å². The molecule has 0 aliphatic carbocycles. The first kappa shape index (κ1) is 14.4. The van der Waals surface area contributed by atoms with E-state index in [4.69, 9.17) is 0 Å². The molecule has 0 amide bonds. The van der Waals surface area contributed by atoms with Crippen LogP contribution in [0.3, 0.4) is 0 Å². The number of likely N-dealkylation sites (tertiary alicyclic amines) is 1. The summed E-state index contributed by atoms with van der Waals surface area (Å²) in [5.41, 5.74) is 0. The number of hydrogen-bond acceptors (Lipinski definition) is 4. The Balaban J connectivity index is 0.000000171. The lowest BCUT2D eigenvalue weighted by atomic mass is 10.4. The van der Waals surface area contributed by atoms with Gasteiger partial charge in [-0.3, -0.25) is 4.79 Å². The minimum Gasteiger partial charge on any atom is -0.318 e. The van der Waals surface area contributed by atoms with Gasteiger partial charge in [0.25, 0.3) is 0 Å². The van der Waals surface area contributed by atoms with Crippen molar-refractivity contribution >= 4 is 17.6 Å². The summed E-state index contributed by atoms with van der Waals surface area (Å²) in [4.78, 5) is 14.5. The van der Waals surface area contributed by atoms with Crippen LogP contribution in [0.4, 0.5) is 0 Å². The number of aldehydes is 1. The number of aryl methyl sites for hydroxylation is 1. The number of thiophene rings is 1. The molecule has 0 saturated carbocycles. The van der Waals surface area contributed by atoms with Crippen LogP contribution in [0.5, 0.6) is 0 Å². The molecule has 0 spiro atoms. The molecule has 3 nitrogen and oxygen atoms in total. The second-order valence-electron chi connectivity index (χ2n) is 4.22. The number of carbonyl (C=O) groups is 1. The number of nitrogens with zero attached hydrogens (tertiary/aromatic N) is 1. The molecule has 0 radical (unpaired) electrons. The Morgan fingerprint density at radius 2 is 2.12 bits per heavy atom. The van der Waals surface area contributed by atoms with Crippen LogP contribution in [0.25, 0.3) is 0 Å². The molecule has 0 bridgehead atoms. The van der Waals surface area contributed by atoms with Crippen LogP contribution in [-0.2, 0) is 0 Å². The normalized spacial score (nSPS) is 15.4. The van der Waals surface area contributed by atoms with Crippen LogP contribution in [0, 0.1) is 6.92 Å². The maximum absolute atomic E-state index is 10.0. The Labute approximate surface area is 108 Å². The SMILES string of the molecule is CNCCN1CCCC1.Cc1ccc(C=O)s1. The molecule has 2 rings (SSSR count). The monoisotopic (exact) mass is 254 g/mol. The van der Waals surface area contributed by atoms with Gasteiger partial charge in [0.15, 0.2) is 6.29 Å². The van der Waals surface area contributed by atoms with Gasteiger partial charge in [-0.2, -0.15) is 0 Å². The van der Waals surface area contributed by atoms with Crippen molar-refractivity contribution in [3.63, 3.8) is 0 Å². The fraction of sp³-hybridized carbons (Fsp3) is 0.615. The first-order valence-electron chi connectivity index (χ1n) is 6.15. The predicted molar refractivity (Wildman–Crippen MR) is 74.0 cm³/mol. The quantitative estimate of drug-likeness (QED) is 0.836. The van der Waals surface area contributed by atoms with E-state index in [1.54, 1.807) is 0 Å². The van der Waals surface area contributed by atoms with Gasteiger partial charge in [-0.1, -0.05) is 0 Å². The summed E-state index contributed by atoms with van der Waals surface area (Å²) in [6.07, 6.45) is 3.69. The summed E-state index contributed by atoms with van der Waals surface area (Å²) in [5.74, 6) is 0. The third kappa shape index (κ3) is 5.96. The summed E-state index contributed by atoms with van der Waals surface area (Å²) < 4.78 is 0. The molecule has 1 N–H and O–H groups in total. The molecule has 1 aliphatic heterocycles. The lowest BCUT2D eigenvalue weighted by Crippen LogP contribution is -2.27. The maximum Gasteiger partial charge on any atom is 0.160 e. The average Bonchev–Trinajstić information content (AvgIpc) is 2.98. The van der Waals surface area contributed by atoms with E-state index >= 15 is 0 Å². The highest BCUT2D eigenvalue weighted by Crippen LogP contribution is 2.11. The highest BCUT2D eigenvalue weighted by molar-refractivity contribution is 7.13. The molecule has 0 unspecified atom stereocenters. The maximum atomic E-state index is 10.0. The molecule has 2 heterocycles. The van der Waals surface area contributed by atoms with Crippen molar-refractivity contribution in [1.82, 2.24) is 10.2 Å². The third-order valence-corrected chi connectivity index (χ3v) is 3.68. The zero-order chi connectivity index (χ0) is 12.5. The van der Waals surface area contributed by atoms with Gasteiger partial charge in [0.05, 0.1) is 4.88 Å². The lowest BCUT2D eigenvalue weighted by Gasteiger charge is -2.12. The average molecular weight is 254 g/mol. The highest BCUT2D eigenvalue weighted by Gasteiger charge is 2.09. The summed E-state index contributed by atoms with van der Waals surface area (Å²) in [6, 6.07) is 3.77. The van der Waals surface area contributed by atoms with Gasteiger partial charge in [0.1, 0.15) is 0 Å². The molecule has 1 aromatic rings. The van der Waals surface area contributed by atoms with E-state index in [9.17, 15) is 4.79 Å². The molecular weight excluding hydrogens is 232 g/mol. The Hall–Kier alpha value is -0.710.